The first kappa shape index (κ1) is 17.6. The molecule has 2 aromatic rings. The maximum Gasteiger partial charge on any atom is 0.276 e. The van der Waals surface area contributed by atoms with Crippen molar-refractivity contribution in [3.63, 3.8) is 0 Å². The molecule has 6 nitrogen and oxygen atoms in total. The number of carbonyl (C=O) groups is 1. The van der Waals surface area contributed by atoms with Gasteiger partial charge in [0.15, 0.2) is 5.69 Å². The Morgan fingerprint density at radius 1 is 1.32 bits per heavy atom. The summed E-state index contributed by atoms with van der Waals surface area (Å²) in [4.78, 5) is 14.4. The standard InChI is InChI=1S/C19H26N4O2/c1-14(2)9-11-25-17-8-10-22(12-17)19(24)18-13-23(21-20-18)16-6-4-15(3)5-7-16/h4-7,13-14,17H,8-12H2,1-3H3. The molecule has 0 bridgehead atoms. The fourth-order valence-electron chi connectivity index (χ4n) is 2.87. The lowest BCUT2D eigenvalue weighted by atomic mass is 10.1. The smallest absolute Gasteiger partial charge is 0.276 e. The molecule has 0 aliphatic carbocycles. The van der Waals surface area contributed by atoms with Gasteiger partial charge in [-0.25, -0.2) is 4.68 Å². The maximum absolute atomic E-state index is 12.6. The minimum absolute atomic E-state index is 0.0756. The fourth-order valence-corrected chi connectivity index (χ4v) is 2.87. The number of amides is 1. The van der Waals surface area contributed by atoms with E-state index < -0.39 is 0 Å². The van der Waals surface area contributed by atoms with Crippen molar-refractivity contribution >= 4 is 5.91 Å². The zero-order valence-electron chi connectivity index (χ0n) is 15.2. The Morgan fingerprint density at radius 2 is 2.08 bits per heavy atom. The maximum atomic E-state index is 12.6. The number of likely N-dealkylation sites (tertiary alicyclic amines) is 1. The molecule has 134 valence electrons. The molecule has 1 aliphatic heterocycles. The Labute approximate surface area is 148 Å². The van der Waals surface area contributed by atoms with Gasteiger partial charge in [0.1, 0.15) is 0 Å². The molecular weight excluding hydrogens is 316 g/mol. The highest BCUT2D eigenvalue weighted by Gasteiger charge is 2.29. The van der Waals surface area contributed by atoms with Gasteiger partial charge in [-0.05, 0) is 37.8 Å². The van der Waals surface area contributed by atoms with Crippen LogP contribution in [0.15, 0.2) is 30.5 Å². The van der Waals surface area contributed by atoms with Crippen molar-refractivity contribution in [3.8, 4) is 5.69 Å². The second kappa shape index (κ2) is 7.78. The normalized spacial score (nSPS) is 17.4. The van der Waals surface area contributed by atoms with Crippen LogP contribution in [-0.4, -0.2) is 51.6 Å². The molecule has 1 aliphatic rings. The number of aromatic nitrogens is 3. The first-order valence-electron chi connectivity index (χ1n) is 8.93. The van der Waals surface area contributed by atoms with E-state index in [1.54, 1.807) is 10.9 Å². The first-order valence-corrected chi connectivity index (χ1v) is 8.93. The van der Waals surface area contributed by atoms with Crippen molar-refractivity contribution in [1.82, 2.24) is 19.9 Å². The van der Waals surface area contributed by atoms with Crippen LogP contribution in [0.3, 0.4) is 0 Å². The SMILES string of the molecule is Cc1ccc(-n2cc(C(=O)N3CCC(OCCC(C)C)C3)nn2)cc1. The Morgan fingerprint density at radius 3 is 2.80 bits per heavy atom. The fraction of sp³-hybridized carbons (Fsp3) is 0.526. The zero-order valence-corrected chi connectivity index (χ0v) is 15.2. The highest BCUT2D eigenvalue weighted by atomic mass is 16.5. The third-order valence-corrected chi connectivity index (χ3v) is 4.49. The van der Waals surface area contributed by atoms with Crippen LogP contribution in [0.1, 0.15) is 42.7 Å². The minimum Gasteiger partial charge on any atom is -0.376 e. The van der Waals surface area contributed by atoms with Crippen LogP contribution in [-0.2, 0) is 4.74 Å². The van der Waals surface area contributed by atoms with Gasteiger partial charge >= 0.3 is 0 Å². The third kappa shape index (κ3) is 4.45. The number of carbonyl (C=O) groups excluding carboxylic acids is 1. The highest BCUT2D eigenvalue weighted by molar-refractivity contribution is 5.92. The molecule has 6 heteroatoms. The largest absolute Gasteiger partial charge is 0.376 e. The number of aryl methyl sites for hydroxylation is 1. The molecule has 1 atom stereocenters. The van der Waals surface area contributed by atoms with E-state index in [1.165, 1.54) is 5.56 Å². The molecule has 0 spiro atoms. The van der Waals surface area contributed by atoms with Crippen molar-refractivity contribution < 1.29 is 9.53 Å². The molecule has 1 amide bonds. The van der Waals surface area contributed by atoms with Crippen molar-refractivity contribution in [2.45, 2.75) is 39.7 Å². The minimum atomic E-state index is -0.0756. The Balaban J connectivity index is 1.58. The van der Waals surface area contributed by atoms with E-state index in [4.69, 9.17) is 4.74 Å². The second-order valence-corrected chi connectivity index (χ2v) is 7.10. The van der Waals surface area contributed by atoms with Crippen molar-refractivity contribution in [2.75, 3.05) is 19.7 Å². The van der Waals surface area contributed by atoms with E-state index >= 15 is 0 Å². The van der Waals surface area contributed by atoms with Crippen LogP contribution >= 0.6 is 0 Å². The van der Waals surface area contributed by atoms with Gasteiger partial charge in [0.25, 0.3) is 5.91 Å². The summed E-state index contributed by atoms with van der Waals surface area (Å²) in [5.41, 5.74) is 2.46. The van der Waals surface area contributed by atoms with Crippen LogP contribution in [0.5, 0.6) is 0 Å². The second-order valence-electron chi connectivity index (χ2n) is 7.10. The third-order valence-electron chi connectivity index (χ3n) is 4.49. The van der Waals surface area contributed by atoms with E-state index in [0.717, 1.165) is 25.1 Å². The molecule has 0 N–H and O–H groups in total. The Kier molecular flexibility index (Phi) is 5.48. The van der Waals surface area contributed by atoms with Gasteiger partial charge in [-0.3, -0.25) is 4.79 Å². The molecule has 2 heterocycles. The number of rotatable bonds is 6. The summed E-state index contributed by atoms with van der Waals surface area (Å²) < 4.78 is 7.52. The molecule has 1 unspecified atom stereocenters. The molecule has 3 rings (SSSR count). The molecule has 1 fully saturated rings. The topological polar surface area (TPSA) is 60.2 Å². The summed E-state index contributed by atoms with van der Waals surface area (Å²) in [6.45, 7) is 8.51. The van der Waals surface area contributed by atoms with Gasteiger partial charge in [0.2, 0.25) is 0 Å². The van der Waals surface area contributed by atoms with E-state index in [1.807, 2.05) is 36.1 Å². The van der Waals surface area contributed by atoms with E-state index in [9.17, 15) is 4.79 Å². The highest BCUT2D eigenvalue weighted by Crippen LogP contribution is 2.17. The molecule has 0 radical (unpaired) electrons. The lowest BCUT2D eigenvalue weighted by Gasteiger charge is -2.15. The lowest BCUT2D eigenvalue weighted by molar-refractivity contribution is 0.0482. The molecule has 25 heavy (non-hydrogen) atoms. The monoisotopic (exact) mass is 342 g/mol. The zero-order chi connectivity index (χ0) is 17.8. The number of hydrogen-bond acceptors (Lipinski definition) is 4. The van der Waals surface area contributed by atoms with Gasteiger partial charge in [-0.15, -0.1) is 5.10 Å². The number of nitrogens with zero attached hydrogens (tertiary/aromatic N) is 4. The number of benzene rings is 1. The van der Waals surface area contributed by atoms with Gasteiger partial charge in [-0.2, -0.15) is 0 Å². The van der Waals surface area contributed by atoms with Gasteiger partial charge in [0.05, 0.1) is 18.0 Å². The van der Waals surface area contributed by atoms with Crippen molar-refractivity contribution in [2.24, 2.45) is 5.92 Å². The first-order chi connectivity index (χ1) is 12.0. The van der Waals surface area contributed by atoms with Crippen LogP contribution < -0.4 is 0 Å². The van der Waals surface area contributed by atoms with Gasteiger partial charge < -0.3 is 9.64 Å². The van der Waals surface area contributed by atoms with E-state index in [2.05, 4.69) is 24.2 Å². The van der Waals surface area contributed by atoms with E-state index in [-0.39, 0.29) is 12.0 Å². The van der Waals surface area contributed by atoms with Crippen molar-refractivity contribution in [3.05, 3.63) is 41.7 Å². The average Bonchev–Trinajstić information content (AvgIpc) is 3.24. The van der Waals surface area contributed by atoms with Crippen LogP contribution in [0.2, 0.25) is 0 Å². The summed E-state index contributed by atoms with van der Waals surface area (Å²) in [6.07, 6.45) is 3.76. The van der Waals surface area contributed by atoms with Crippen LogP contribution in [0, 0.1) is 12.8 Å². The van der Waals surface area contributed by atoms with E-state index in [0.29, 0.717) is 24.7 Å². The van der Waals surface area contributed by atoms with Crippen LogP contribution in [0.4, 0.5) is 0 Å². The predicted molar refractivity (Wildman–Crippen MR) is 95.8 cm³/mol. The Bertz CT molecular complexity index is 708. The Hall–Kier alpha value is -2.21. The molecular formula is C19H26N4O2. The molecule has 1 aromatic carbocycles. The van der Waals surface area contributed by atoms with Gasteiger partial charge in [0, 0.05) is 19.7 Å². The lowest BCUT2D eigenvalue weighted by Crippen LogP contribution is -2.30. The van der Waals surface area contributed by atoms with Crippen molar-refractivity contribution in [1.29, 1.82) is 0 Å². The quantitative estimate of drug-likeness (QED) is 0.810. The summed E-state index contributed by atoms with van der Waals surface area (Å²) in [7, 11) is 0. The molecule has 0 saturated carbocycles. The number of ether oxygens (including phenoxy) is 1. The van der Waals surface area contributed by atoms with Crippen LogP contribution in [0.25, 0.3) is 5.69 Å². The summed E-state index contributed by atoms with van der Waals surface area (Å²) in [6, 6.07) is 7.95. The predicted octanol–water partition coefficient (Wildman–Crippen LogP) is 2.85. The summed E-state index contributed by atoms with van der Waals surface area (Å²) >= 11 is 0. The number of hydrogen-bond donors (Lipinski definition) is 0. The summed E-state index contributed by atoms with van der Waals surface area (Å²) in [5.74, 6) is 0.560. The average molecular weight is 342 g/mol. The summed E-state index contributed by atoms with van der Waals surface area (Å²) in [5, 5.41) is 8.14. The molecule has 1 saturated heterocycles. The molecule has 1 aromatic heterocycles. The van der Waals surface area contributed by atoms with Gasteiger partial charge in [-0.1, -0.05) is 36.8 Å².